The molecular formula is C31H32F4N6O7S. The predicted octanol–water partition coefficient (Wildman–Crippen LogP) is 5.30. The van der Waals surface area contributed by atoms with Gasteiger partial charge in [-0.1, -0.05) is 13.8 Å². The number of carbonyl (C=O) groups is 1. The molecule has 49 heavy (non-hydrogen) atoms. The fourth-order valence-corrected chi connectivity index (χ4v) is 5.02. The molecule has 0 fully saturated rings. The minimum Gasteiger partial charge on any atom is -0.439 e. The maximum atomic E-state index is 15.2. The summed E-state index contributed by atoms with van der Waals surface area (Å²) >= 11 is 0. The Morgan fingerprint density at radius 1 is 1.04 bits per heavy atom. The number of hydrogen-bond acceptors (Lipinski definition) is 12. The lowest BCUT2D eigenvalue weighted by atomic mass is 9.98. The van der Waals surface area contributed by atoms with Gasteiger partial charge in [0, 0.05) is 30.3 Å². The van der Waals surface area contributed by atoms with Crippen molar-refractivity contribution in [1.29, 1.82) is 0 Å². The predicted molar refractivity (Wildman–Crippen MR) is 168 cm³/mol. The van der Waals surface area contributed by atoms with Gasteiger partial charge in [-0.15, -0.1) is 0 Å². The van der Waals surface area contributed by atoms with Crippen LogP contribution >= 0.6 is 0 Å². The van der Waals surface area contributed by atoms with E-state index in [0.717, 1.165) is 41.3 Å². The van der Waals surface area contributed by atoms with Crippen LogP contribution < -0.4 is 10.1 Å². The van der Waals surface area contributed by atoms with Gasteiger partial charge in [0.2, 0.25) is 6.08 Å². The topological polar surface area (TPSA) is 164 Å². The molecule has 0 aliphatic carbocycles. The Morgan fingerprint density at radius 2 is 1.71 bits per heavy atom. The van der Waals surface area contributed by atoms with Crippen LogP contribution in [0.15, 0.2) is 41.4 Å². The van der Waals surface area contributed by atoms with Gasteiger partial charge in [-0.3, -0.25) is 0 Å². The Kier molecular flexibility index (Phi) is 10.8. The molecule has 0 amide bonds. The Bertz CT molecular complexity index is 2050. The summed E-state index contributed by atoms with van der Waals surface area (Å²) in [6, 6.07) is 4.42. The zero-order valence-corrected chi connectivity index (χ0v) is 28.0. The third kappa shape index (κ3) is 8.76. The second-order valence-electron chi connectivity index (χ2n) is 12.1. The van der Waals surface area contributed by atoms with Gasteiger partial charge in [0.05, 0.1) is 16.7 Å². The lowest BCUT2D eigenvalue weighted by molar-refractivity contribution is -0.202. The van der Waals surface area contributed by atoms with E-state index in [1.165, 1.54) is 6.08 Å². The molecule has 0 aliphatic heterocycles. The number of carbonyl (C=O) groups excluding carboxylic acids is 2. The monoisotopic (exact) mass is 708 g/mol. The number of fused-ring (bicyclic) bond motifs is 1. The Hall–Kier alpha value is -4.93. The second kappa shape index (κ2) is 14.3. The summed E-state index contributed by atoms with van der Waals surface area (Å²) in [6.07, 6.45) is 2.33. The lowest BCUT2D eigenvalue weighted by Gasteiger charge is -2.35. The van der Waals surface area contributed by atoms with Crippen molar-refractivity contribution in [3.05, 3.63) is 59.7 Å². The van der Waals surface area contributed by atoms with E-state index >= 15 is 4.39 Å². The van der Waals surface area contributed by atoms with Gasteiger partial charge in [-0.25, -0.2) is 40.3 Å². The van der Waals surface area contributed by atoms with Crippen LogP contribution in [-0.2, 0) is 35.6 Å². The standard InChI is InChI=1S/C31H32F4N6O7S/c1-17(2)31(37-15-42,48-30(3,4)5)28(43)46-16-41-27-24(25(40-41)20-13-18(32)7-9-21(20)34)26(36-11-12-49(6,44)45)38-29(39-27)47-23-10-8-19(33)14-22(23)35/h7-10,13-14,17H,11-12,16H2,1-6H3,(H,36,38,39). The average Bonchev–Trinajstić information content (AvgIpc) is 3.35. The molecule has 1 atom stereocenters. The number of aromatic nitrogens is 4. The van der Waals surface area contributed by atoms with Crippen LogP contribution in [0.4, 0.5) is 23.4 Å². The lowest BCUT2D eigenvalue weighted by Crippen LogP contribution is -2.50. The van der Waals surface area contributed by atoms with Crippen molar-refractivity contribution in [2.75, 3.05) is 23.9 Å². The minimum absolute atomic E-state index is 0.104. The van der Waals surface area contributed by atoms with Gasteiger partial charge in [0.25, 0.3) is 5.72 Å². The number of ether oxygens (including phenoxy) is 3. The summed E-state index contributed by atoms with van der Waals surface area (Å²) in [5.74, 6) is -6.73. The van der Waals surface area contributed by atoms with E-state index < -0.39 is 74.8 Å². The minimum atomic E-state index is -3.50. The number of nitrogens with one attached hydrogen (secondary N) is 1. The molecule has 262 valence electrons. The number of isocyanates is 1. The van der Waals surface area contributed by atoms with Gasteiger partial charge in [-0.2, -0.15) is 20.1 Å². The fraction of sp³-hybridized carbons (Fsp3) is 0.387. The summed E-state index contributed by atoms with van der Waals surface area (Å²) in [6.45, 7) is 6.96. The number of esters is 1. The number of benzene rings is 2. The van der Waals surface area contributed by atoms with Crippen LogP contribution in [0.1, 0.15) is 34.6 Å². The first-order valence-corrected chi connectivity index (χ1v) is 16.6. The Labute approximate surface area is 278 Å². The molecule has 4 rings (SSSR count). The van der Waals surface area contributed by atoms with E-state index in [1.54, 1.807) is 34.6 Å². The first-order chi connectivity index (χ1) is 22.8. The highest BCUT2D eigenvalue weighted by atomic mass is 32.2. The average molecular weight is 709 g/mol. The van der Waals surface area contributed by atoms with Crippen LogP contribution in [0.3, 0.4) is 0 Å². The number of nitrogens with zero attached hydrogens (tertiary/aromatic N) is 5. The Morgan fingerprint density at radius 3 is 2.33 bits per heavy atom. The summed E-state index contributed by atoms with van der Waals surface area (Å²) in [4.78, 5) is 37.1. The van der Waals surface area contributed by atoms with Crippen LogP contribution in [0, 0.1) is 29.2 Å². The molecule has 0 spiro atoms. The number of anilines is 1. The van der Waals surface area contributed by atoms with Crippen molar-refractivity contribution in [1.82, 2.24) is 19.7 Å². The van der Waals surface area contributed by atoms with Gasteiger partial charge in [0.1, 0.15) is 38.8 Å². The van der Waals surface area contributed by atoms with Gasteiger partial charge < -0.3 is 19.5 Å². The van der Waals surface area contributed by atoms with E-state index in [4.69, 9.17) is 14.2 Å². The summed E-state index contributed by atoms with van der Waals surface area (Å²) < 4.78 is 99.2. The van der Waals surface area contributed by atoms with Crippen LogP contribution in [0.25, 0.3) is 22.3 Å². The molecule has 0 radical (unpaired) electrons. The summed E-state index contributed by atoms with van der Waals surface area (Å²) in [5.41, 5.74) is -4.03. The molecule has 4 aromatic rings. The molecule has 1 unspecified atom stereocenters. The maximum Gasteiger partial charge on any atom is 0.364 e. The highest BCUT2D eigenvalue weighted by molar-refractivity contribution is 7.90. The second-order valence-corrected chi connectivity index (χ2v) is 14.3. The molecule has 2 heterocycles. The zero-order chi connectivity index (χ0) is 36.3. The molecule has 1 N–H and O–H groups in total. The third-order valence-corrected chi connectivity index (χ3v) is 7.63. The van der Waals surface area contributed by atoms with Crippen LogP contribution in [-0.4, -0.2) is 70.1 Å². The van der Waals surface area contributed by atoms with E-state index in [9.17, 15) is 31.2 Å². The number of halogens is 4. The molecule has 0 aliphatic rings. The van der Waals surface area contributed by atoms with Crippen molar-refractivity contribution in [3.63, 3.8) is 0 Å². The van der Waals surface area contributed by atoms with Crippen LogP contribution in [0.5, 0.6) is 11.8 Å². The van der Waals surface area contributed by atoms with Crippen molar-refractivity contribution in [2.24, 2.45) is 10.9 Å². The SMILES string of the molecule is CC(C)C(N=C=O)(OC(C)(C)C)C(=O)OCn1nc(-c2cc(F)ccc2F)c2c(NCCS(C)(=O)=O)nc(Oc3ccc(F)cc3F)nc21. The molecule has 13 nitrogen and oxygen atoms in total. The molecule has 0 bridgehead atoms. The molecule has 0 saturated carbocycles. The number of hydrogen-bond donors (Lipinski definition) is 1. The normalized spacial score (nSPS) is 13.2. The number of aliphatic imine (C=N–C) groups is 1. The third-order valence-electron chi connectivity index (χ3n) is 6.68. The first kappa shape index (κ1) is 36.9. The fourth-order valence-electron chi connectivity index (χ4n) is 4.54. The zero-order valence-electron chi connectivity index (χ0n) is 27.2. The number of rotatable bonds is 13. The van der Waals surface area contributed by atoms with E-state index in [2.05, 4.69) is 25.4 Å². The maximum absolute atomic E-state index is 15.2. The van der Waals surface area contributed by atoms with Gasteiger partial charge >= 0.3 is 12.0 Å². The molecular weight excluding hydrogens is 676 g/mol. The van der Waals surface area contributed by atoms with E-state index in [-0.39, 0.29) is 40.4 Å². The molecule has 18 heteroatoms. The number of sulfone groups is 1. The smallest absolute Gasteiger partial charge is 0.364 e. The van der Waals surface area contributed by atoms with Crippen molar-refractivity contribution >= 4 is 38.7 Å². The largest absolute Gasteiger partial charge is 0.439 e. The van der Waals surface area contributed by atoms with Gasteiger partial charge in [-0.05, 0) is 51.1 Å². The van der Waals surface area contributed by atoms with E-state index in [0.29, 0.717) is 6.07 Å². The van der Waals surface area contributed by atoms with E-state index in [1.807, 2.05) is 0 Å². The Balaban J connectivity index is 1.92. The molecule has 0 saturated heterocycles. The first-order valence-electron chi connectivity index (χ1n) is 14.6. The molecule has 2 aromatic heterocycles. The van der Waals surface area contributed by atoms with Crippen LogP contribution in [0.2, 0.25) is 0 Å². The quantitative estimate of drug-likeness (QED) is 0.0830. The summed E-state index contributed by atoms with van der Waals surface area (Å²) in [5, 5.41) is 6.99. The van der Waals surface area contributed by atoms with Crippen molar-refractivity contribution in [3.8, 4) is 23.0 Å². The highest BCUT2D eigenvalue weighted by Gasteiger charge is 2.48. The van der Waals surface area contributed by atoms with Crippen molar-refractivity contribution < 1.29 is 49.8 Å². The molecule has 2 aromatic carbocycles. The summed E-state index contributed by atoms with van der Waals surface area (Å²) in [7, 11) is -3.50. The van der Waals surface area contributed by atoms with Gasteiger partial charge in [0.15, 0.2) is 23.9 Å². The van der Waals surface area contributed by atoms with Crippen molar-refractivity contribution in [2.45, 2.75) is 52.7 Å². The highest BCUT2D eigenvalue weighted by Crippen LogP contribution is 2.37.